The van der Waals surface area contributed by atoms with Crippen molar-refractivity contribution < 1.29 is 26.4 Å². The highest BCUT2D eigenvalue weighted by Gasteiger charge is 2.32. The fourth-order valence-corrected chi connectivity index (χ4v) is 4.40. The standard InChI is InChI=1S/C23H21F3N2O3S/c1-28(19-10-3-2-4-11-19)32(30,31)20-12-7-9-18(16-20)22(29)27-15-14-17-8-5-6-13-21(17)23(24,25)26/h2-13,16H,14-15H2,1H3,(H,27,29). The number of rotatable bonds is 7. The Morgan fingerprint density at radius 2 is 1.59 bits per heavy atom. The molecule has 0 unspecified atom stereocenters. The molecule has 0 fully saturated rings. The number of alkyl halides is 3. The van der Waals surface area contributed by atoms with Gasteiger partial charge in [-0.05, 0) is 48.4 Å². The van der Waals surface area contributed by atoms with Crippen molar-refractivity contribution in [3.05, 3.63) is 95.6 Å². The summed E-state index contributed by atoms with van der Waals surface area (Å²) < 4.78 is 66.2. The summed E-state index contributed by atoms with van der Waals surface area (Å²) in [5.74, 6) is -0.575. The second-order valence-corrected chi connectivity index (χ2v) is 8.97. The number of carbonyl (C=O) groups excluding carboxylic acids is 1. The fraction of sp³-hybridized carbons (Fsp3) is 0.174. The van der Waals surface area contributed by atoms with Crippen LogP contribution in [0.4, 0.5) is 18.9 Å². The summed E-state index contributed by atoms with van der Waals surface area (Å²) in [6, 6.07) is 19.2. The third-order valence-corrected chi connectivity index (χ3v) is 6.66. The molecule has 1 N–H and O–H groups in total. The third kappa shape index (κ3) is 5.28. The zero-order valence-corrected chi connectivity index (χ0v) is 18.0. The Bertz CT molecular complexity index is 1200. The molecule has 3 rings (SSSR count). The molecule has 0 aromatic heterocycles. The van der Waals surface area contributed by atoms with Gasteiger partial charge in [0.1, 0.15) is 0 Å². The van der Waals surface area contributed by atoms with Crippen LogP contribution >= 0.6 is 0 Å². The number of benzene rings is 3. The van der Waals surface area contributed by atoms with Crippen molar-refractivity contribution in [2.45, 2.75) is 17.5 Å². The predicted molar refractivity (Wildman–Crippen MR) is 116 cm³/mol. The molecule has 9 heteroatoms. The molecule has 0 saturated carbocycles. The van der Waals surface area contributed by atoms with E-state index in [0.29, 0.717) is 5.69 Å². The van der Waals surface area contributed by atoms with Crippen LogP contribution in [-0.2, 0) is 22.6 Å². The van der Waals surface area contributed by atoms with E-state index in [2.05, 4.69) is 5.32 Å². The van der Waals surface area contributed by atoms with Crippen LogP contribution in [0.5, 0.6) is 0 Å². The minimum atomic E-state index is -4.48. The van der Waals surface area contributed by atoms with Gasteiger partial charge in [-0.2, -0.15) is 13.2 Å². The van der Waals surface area contributed by atoms with E-state index in [1.807, 2.05) is 0 Å². The van der Waals surface area contributed by atoms with E-state index in [1.165, 1.54) is 49.5 Å². The molecule has 0 atom stereocenters. The van der Waals surface area contributed by atoms with E-state index in [-0.39, 0.29) is 29.0 Å². The molecule has 0 heterocycles. The largest absolute Gasteiger partial charge is 0.416 e. The van der Waals surface area contributed by atoms with Crippen molar-refractivity contribution in [3.63, 3.8) is 0 Å². The van der Waals surface area contributed by atoms with Crippen molar-refractivity contribution in [1.82, 2.24) is 5.32 Å². The number of hydrogen-bond donors (Lipinski definition) is 1. The van der Waals surface area contributed by atoms with E-state index in [1.54, 1.807) is 30.3 Å². The normalized spacial score (nSPS) is 11.8. The van der Waals surface area contributed by atoms with Gasteiger partial charge in [-0.1, -0.05) is 42.5 Å². The first-order chi connectivity index (χ1) is 15.1. The summed E-state index contributed by atoms with van der Waals surface area (Å²) in [4.78, 5) is 12.4. The van der Waals surface area contributed by atoms with Gasteiger partial charge in [0.05, 0.1) is 16.1 Å². The van der Waals surface area contributed by atoms with Gasteiger partial charge < -0.3 is 5.32 Å². The highest BCUT2D eigenvalue weighted by molar-refractivity contribution is 7.92. The maximum absolute atomic E-state index is 13.1. The molecule has 0 aliphatic carbocycles. The Kier molecular flexibility index (Phi) is 6.88. The fourth-order valence-electron chi connectivity index (χ4n) is 3.16. The molecule has 5 nitrogen and oxygen atoms in total. The number of carbonyl (C=O) groups is 1. The lowest BCUT2D eigenvalue weighted by molar-refractivity contribution is -0.138. The van der Waals surface area contributed by atoms with Crippen molar-refractivity contribution in [1.29, 1.82) is 0 Å². The van der Waals surface area contributed by atoms with E-state index < -0.39 is 27.7 Å². The Hall–Kier alpha value is -3.33. The van der Waals surface area contributed by atoms with Gasteiger partial charge in [-0.15, -0.1) is 0 Å². The summed E-state index contributed by atoms with van der Waals surface area (Å²) in [5.41, 5.74) is -0.116. The third-order valence-electron chi connectivity index (χ3n) is 4.88. The van der Waals surface area contributed by atoms with Crippen molar-refractivity contribution >= 4 is 21.6 Å². The molecule has 1 amide bonds. The second kappa shape index (κ2) is 9.44. The Balaban J connectivity index is 1.71. The monoisotopic (exact) mass is 462 g/mol. The maximum atomic E-state index is 13.1. The highest BCUT2D eigenvalue weighted by Crippen LogP contribution is 2.32. The molecule has 0 aliphatic rings. The van der Waals surface area contributed by atoms with E-state index in [9.17, 15) is 26.4 Å². The van der Waals surface area contributed by atoms with Crippen LogP contribution in [0.1, 0.15) is 21.5 Å². The van der Waals surface area contributed by atoms with E-state index in [4.69, 9.17) is 0 Å². The maximum Gasteiger partial charge on any atom is 0.416 e. The summed E-state index contributed by atoms with van der Waals surface area (Å²) in [5, 5.41) is 2.55. The Morgan fingerprint density at radius 3 is 2.28 bits per heavy atom. The second-order valence-electron chi connectivity index (χ2n) is 7.00. The van der Waals surface area contributed by atoms with Gasteiger partial charge in [0, 0.05) is 19.2 Å². The number of anilines is 1. The predicted octanol–water partition coefficient (Wildman–Crippen LogP) is 4.50. The van der Waals surface area contributed by atoms with Gasteiger partial charge in [0.2, 0.25) is 0 Å². The summed E-state index contributed by atoms with van der Waals surface area (Å²) in [7, 11) is -2.49. The van der Waals surface area contributed by atoms with Crippen LogP contribution in [0, 0.1) is 0 Å². The van der Waals surface area contributed by atoms with Gasteiger partial charge >= 0.3 is 6.18 Å². The SMILES string of the molecule is CN(c1ccccc1)S(=O)(=O)c1cccc(C(=O)NCCc2ccccc2C(F)(F)F)c1. The molecule has 0 radical (unpaired) electrons. The number of halogens is 3. The molecule has 168 valence electrons. The average Bonchev–Trinajstić information content (AvgIpc) is 2.78. The molecule has 0 aliphatic heterocycles. The lowest BCUT2D eigenvalue weighted by Crippen LogP contribution is -2.28. The smallest absolute Gasteiger partial charge is 0.352 e. The minimum Gasteiger partial charge on any atom is -0.352 e. The number of nitrogens with zero attached hydrogens (tertiary/aromatic N) is 1. The molecular formula is C23H21F3N2O3S. The average molecular weight is 462 g/mol. The summed E-state index contributed by atoms with van der Waals surface area (Å²) in [6.07, 6.45) is -4.50. The zero-order chi connectivity index (χ0) is 23.4. The first-order valence-corrected chi connectivity index (χ1v) is 11.1. The number of hydrogen-bond acceptors (Lipinski definition) is 3. The van der Waals surface area contributed by atoms with Crippen LogP contribution in [0.2, 0.25) is 0 Å². The Labute approximate surface area is 184 Å². The first kappa shape index (κ1) is 23.3. The van der Waals surface area contributed by atoms with E-state index in [0.717, 1.165) is 10.4 Å². The van der Waals surface area contributed by atoms with Crippen LogP contribution in [0.15, 0.2) is 83.8 Å². The van der Waals surface area contributed by atoms with Crippen molar-refractivity contribution in [2.75, 3.05) is 17.9 Å². The lowest BCUT2D eigenvalue weighted by Gasteiger charge is -2.19. The number of sulfonamides is 1. The van der Waals surface area contributed by atoms with Crippen molar-refractivity contribution in [3.8, 4) is 0 Å². The molecule has 3 aromatic rings. The first-order valence-electron chi connectivity index (χ1n) is 9.68. The number of amides is 1. The molecule has 3 aromatic carbocycles. The minimum absolute atomic E-state index is 0.0177. The lowest BCUT2D eigenvalue weighted by atomic mass is 10.0. The van der Waals surface area contributed by atoms with Crippen LogP contribution in [0.25, 0.3) is 0 Å². The zero-order valence-electron chi connectivity index (χ0n) is 17.1. The van der Waals surface area contributed by atoms with Gasteiger partial charge in [0.25, 0.3) is 15.9 Å². The quantitative estimate of drug-likeness (QED) is 0.562. The molecule has 32 heavy (non-hydrogen) atoms. The van der Waals surface area contributed by atoms with Crippen LogP contribution in [0.3, 0.4) is 0 Å². The van der Waals surface area contributed by atoms with Gasteiger partial charge in [-0.3, -0.25) is 9.10 Å². The molecule has 0 saturated heterocycles. The van der Waals surface area contributed by atoms with Crippen LogP contribution < -0.4 is 9.62 Å². The van der Waals surface area contributed by atoms with E-state index >= 15 is 0 Å². The number of para-hydroxylation sites is 1. The van der Waals surface area contributed by atoms with Gasteiger partial charge in [-0.25, -0.2) is 8.42 Å². The molecule has 0 bridgehead atoms. The number of nitrogens with one attached hydrogen (secondary N) is 1. The summed E-state index contributed by atoms with van der Waals surface area (Å²) >= 11 is 0. The van der Waals surface area contributed by atoms with Gasteiger partial charge in [0.15, 0.2) is 0 Å². The topological polar surface area (TPSA) is 66.5 Å². The Morgan fingerprint density at radius 1 is 0.938 bits per heavy atom. The molecular weight excluding hydrogens is 441 g/mol. The van der Waals surface area contributed by atoms with Crippen LogP contribution in [-0.4, -0.2) is 27.9 Å². The van der Waals surface area contributed by atoms with Crippen molar-refractivity contribution in [2.24, 2.45) is 0 Å². The highest BCUT2D eigenvalue weighted by atomic mass is 32.2. The molecule has 0 spiro atoms. The summed E-state index contributed by atoms with van der Waals surface area (Å²) in [6.45, 7) is -0.0349.